The van der Waals surface area contributed by atoms with Crippen LogP contribution in [0.2, 0.25) is 5.02 Å². The van der Waals surface area contributed by atoms with E-state index in [1.165, 1.54) is 12.3 Å². The molecule has 0 aliphatic heterocycles. The van der Waals surface area contributed by atoms with Crippen LogP contribution in [0.15, 0.2) is 90.4 Å². The summed E-state index contributed by atoms with van der Waals surface area (Å²) >= 11 is 6.46. The molecule has 0 fully saturated rings. The molecule has 0 saturated carbocycles. The molecule has 1 aromatic carbocycles. The second-order valence-electron chi connectivity index (χ2n) is 5.28. The van der Waals surface area contributed by atoms with Crippen molar-refractivity contribution >= 4 is 35.1 Å². The summed E-state index contributed by atoms with van der Waals surface area (Å²) in [4.78, 5) is 13.2. The summed E-state index contributed by atoms with van der Waals surface area (Å²) in [5.74, 6) is 1.18. The van der Waals surface area contributed by atoms with E-state index < -0.39 is 0 Å². The maximum Gasteiger partial charge on any atom is 0.441 e. The molecule has 27 heavy (non-hydrogen) atoms. The number of pyridine rings is 1. The first-order valence-corrected chi connectivity index (χ1v) is 8.50. The molecule has 2 aromatic heterocycles. The summed E-state index contributed by atoms with van der Waals surface area (Å²) in [5.41, 5.74) is 0.845. The molecule has 0 atom stereocenters. The lowest BCUT2D eigenvalue weighted by atomic mass is 10.3. The van der Waals surface area contributed by atoms with Crippen LogP contribution in [-0.4, -0.2) is 16.2 Å². The van der Waals surface area contributed by atoms with Crippen LogP contribution in [0.4, 0.5) is 17.3 Å². The highest BCUT2D eigenvalue weighted by molar-refractivity contribution is 6.35. The molecular weight excluding hydrogens is 362 g/mol. The van der Waals surface area contributed by atoms with Gasteiger partial charge < -0.3 is 10.4 Å². The van der Waals surface area contributed by atoms with Gasteiger partial charge in [-0.25, -0.2) is 9.56 Å². The van der Waals surface area contributed by atoms with E-state index in [1.807, 2.05) is 60.9 Å². The summed E-state index contributed by atoms with van der Waals surface area (Å²) in [7, 11) is 0. The van der Waals surface area contributed by atoms with Gasteiger partial charge in [0.05, 0.1) is 12.4 Å². The number of halogens is 1. The SMILES string of the molecule is [O-]/C=C/C=C/C=Nc1nc(-[n+]2ccccc2)nc(Nc2ccccc2)c1Cl. The number of nitrogens with zero attached hydrogens (tertiary/aromatic N) is 4. The second-order valence-corrected chi connectivity index (χ2v) is 5.65. The maximum absolute atomic E-state index is 10.3. The van der Waals surface area contributed by atoms with Crippen molar-refractivity contribution in [2.45, 2.75) is 0 Å². The number of nitrogens with one attached hydrogen (secondary N) is 1. The minimum Gasteiger partial charge on any atom is -0.878 e. The van der Waals surface area contributed by atoms with Gasteiger partial charge in [-0.05, 0) is 40.3 Å². The van der Waals surface area contributed by atoms with Crippen LogP contribution in [0.25, 0.3) is 5.95 Å². The molecule has 2 heterocycles. The van der Waals surface area contributed by atoms with E-state index in [4.69, 9.17) is 11.6 Å². The lowest BCUT2D eigenvalue weighted by Crippen LogP contribution is -2.32. The molecular formula is C20H16ClN5O. The van der Waals surface area contributed by atoms with Crippen molar-refractivity contribution in [2.24, 2.45) is 4.99 Å². The van der Waals surface area contributed by atoms with Crippen molar-refractivity contribution in [1.82, 2.24) is 9.97 Å². The molecule has 134 valence electrons. The Balaban J connectivity index is 2.02. The first kappa shape index (κ1) is 18.3. The van der Waals surface area contributed by atoms with Gasteiger partial charge in [-0.1, -0.05) is 48.0 Å². The third-order valence-corrected chi connectivity index (χ3v) is 3.74. The zero-order valence-electron chi connectivity index (χ0n) is 14.2. The first-order chi connectivity index (χ1) is 13.3. The lowest BCUT2D eigenvalue weighted by molar-refractivity contribution is -0.603. The Kier molecular flexibility index (Phi) is 6.27. The number of para-hydroxylation sites is 1. The van der Waals surface area contributed by atoms with Crippen molar-refractivity contribution in [3.05, 3.63) is 90.4 Å². The molecule has 0 spiro atoms. The molecule has 7 heteroatoms. The molecule has 0 unspecified atom stereocenters. The van der Waals surface area contributed by atoms with Crippen LogP contribution in [0.1, 0.15) is 0 Å². The fourth-order valence-electron chi connectivity index (χ4n) is 2.17. The van der Waals surface area contributed by atoms with Crippen molar-refractivity contribution in [2.75, 3.05) is 5.32 Å². The monoisotopic (exact) mass is 377 g/mol. The highest BCUT2D eigenvalue weighted by atomic mass is 35.5. The molecule has 0 amide bonds. The van der Waals surface area contributed by atoms with E-state index in [-0.39, 0.29) is 0 Å². The van der Waals surface area contributed by atoms with Crippen LogP contribution in [0, 0.1) is 0 Å². The number of hydrogen-bond acceptors (Lipinski definition) is 5. The quantitative estimate of drug-likeness (QED) is 0.309. The van der Waals surface area contributed by atoms with E-state index in [0.717, 1.165) is 5.69 Å². The Labute approximate surface area is 161 Å². The Morgan fingerprint density at radius 2 is 1.70 bits per heavy atom. The molecule has 3 aromatic rings. The summed E-state index contributed by atoms with van der Waals surface area (Å²) in [6.45, 7) is 0. The predicted molar refractivity (Wildman–Crippen MR) is 105 cm³/mol. The zero-order chi connectivity index (χ0) is 18.9. The maximum atomic E-state index is 10.3. The minimum absolute atomic E-state index is 0.295. The number of rotatable bonds is 6. The largest absolute Gasteiger partial charge is 0.878 e. The topological polar surface area (TPSA) is 77.1 Å². The van der Waals surface area contributed by atoms with Gasteiger partial charge in [-0.3, -0.25) is 0 Å². The summed E-state index contributed by atoms with van der Waals surface area (Å²) < 4.78 is 1.77. The Morgan fingerprint density at radius 1 is 0.963 bits per heavy atom. The standard InChI is InChI=1S/C20H16ClN5O/c21-17-18(22-12-6-2-9-15-27)24-20(26-13-7-3-8-14-26)25-19(17)23-16-10-4-1-5-11-16/h1-15H,(H-,22,23,24,25,27). The van der Waals surface area contributed by atoms with Gasteiger partial charge in [0.15, 0.2) is 5.02 Å². The molecule has 0 aliphatic carbocycles. The highest BCUT2D eigenvalue weighted by Crippen LogP contribution is 2.31. The van der Waals surface area contributed by atoms with Crippen LogP contribution in [0.5, 0.6) is 0 Å². The Hall–Kier alpha value is -3.51. The second kappa shape index (κ2) is 9.26. The summed E-state index contributed by atoms with van der Waals surface area (Å²) in [6, 6.07) is 15.2. The molecule has 0 radical (unpaired) electrons. The predicted octanol–water partition coefficient (Wildman–Crippen LogP) is 3.28. The molecule has 3 rings (SSSR count). The fourth-order valence-corrected chi connectivity index (χ4v) is 2.35. The normalized spacial score (nSPS) is 11.6. The van der Waals surface area contributed by atoms with Gasteiger partial charge in [0, 0.05) is 11.9 Å². The van der Waals surface area contributed by atoms with Crippen molar-refractivity contribution < 1.29 is 9.67 Å². The molecule has 6 nitrogen and oxygen atoms in total. The van der Waals surface area contributed by atoms with E-state index in [1.54, 1.807) is 16.7 Å². The van der Waals surface area contributed by atoms with Crippen molar-refractivity contribution in [1.29, 1.82) is 0 Å². The average molecular weight is 378 g/mol. The van der Waals surface area contributed by atoms with Crippen molar-refractivity contribution in [3.63, 3.8) is 0 Å². The van der Waals surface area contributed by atoms with Gasteiger partial charge >= 0.3 is 5.95 Å². The Morgan fingerprint density at radius 3 is 2.44 bits per heavy atom. The van der Waals surface area contributed by atoms with Gasteiger partial charge in [0.2, 0.25) is 5.82 Å². The van der Waals surface area contributed by atoms with Gasteiger partial charge in [-0.2, -0.15) is 0 Å². The van der Waals surface area contributed by atoms with E-state index in [0.29, 0.717) is 28.9 Å². The zero-order valence-corrected chi connectivity index (χ0v) is 15.0. The van der Waals surface area contributed by atoms with Crippen LogP contribution >= 0.6 is 11.6 Å². The molecule has 0 bridgehead atoms. The van der Waals surface area contributed by atoms with E-state index >= 15 is 0 Å². The van der Waals surface area contributed by atoms with Crippen LogP contribution in [0.3, 0.4) is 0 Å². The minimum atomic E-state index is 0.295. The third kappa shape index (κ3) is 4.99. The smallest absolute Gasteiger partial charge is 0.441 e. The summed E-state index contributed by atoms with van der Waals surface area (Å²) in [6.07, 6.45) is 10.4. The van der Waals surface area contributed by atoms with Crippen LogP contribution in [-0.2, 0) is 0 Å². The van der Waals surface area contributed by atoms with E-state index in [2.05, 4.69) is 20.3 Å². The third-order valence-electron chi connectivity index (χ3n) is 3.39. The van der Waals surface area contributed by atoms with Gasteiger partial charge in [-0.15, -0.1) is 6.26 Å². The molecule has 0 saturated heterocycles. The number of benzene rings is 1. The fraction of sp³-hybridized carbons (Fsp3) is 0. The first-order valence-electron chi connectivity index (χ1n) is 8.12. The summed E-state index contributed by atoms with van der Waals surface area (Å²) in [5, 5.41) is 13.8. The van der Waals surface area contributed by atoms with E-state index in [9.17, 15) is 5.11 Å². The van der Waals surface area contributed by atoms with Crippen LogP contribution < -0.4 is 15.0 Å². The molecule has 0 aliphatic rings. The van der Waals surface area contributed by atoms with Gasteiger partial charge in [0.1, 0.15) is 0 Å². The number of anilines is 2. The highest BCUT2D eigenvalue weighted by Gasteiger charge is 2.21. The number of aromatic nitrogens is 3. The van der Waals surface area contributed by atoms with Gasteiger partial charge in [0.25, 0.3) is 5.82 Å². The Bertz CT molecular complexity index is 972. The average Bonchev–Trinajstić information content (AvgIpc) is 2.72. The number of allylic oxidation sites excluding steroid dienone is 3. The lowest BCUT2D eigenvalue weighted by Gasteiger charge is -2.05. The number of aliphatic imine (C=N–C) groups is 1. The number of hydrogen-bond donors (Lipinski definition) is 1. The van der Waals surface area contributed by atoms with Crippen molar-refractivity contribution in [3.8, 4) is 5.95 Å². The molecule has 1 N–H and O–H groups in total.